The summed E-state index contributed by atoms with van der Waals surface area (Å²) in [4.78, 5) is 29.5. The minimum absolute atomic E-state index is 0.00436. The van der Waals surface area contributed by atoms with Crippen molar-refractivity contribution in [2.75, 3.05) is 6.54 Å². The van der Waals surface area contributed by atoms with Gasteiger partial charge >= 0.3 is 5.97 Å². The molecule has 118 valence electrons. The summed E-state index contributed by atoms with van der Waals surface area (Å²) in [5.74, 6) is -0.753. The summed E-state index contributed by atoms with van der Waals surface area (Å²) in [6.45, 7) is 0.631. The molecular formula is C16H21N3O3. The molecule has 2 aromatic heterocycles. The molecule has 0 aliphatic carbocycles. The number of hydrogen-bond acceptors (Lipinski definition) is 3. The Hall–Kier alpha value is -2.37. The molecule has 6 nitrogen and oxygen atoms in total. The summed E-state index contributed by atoms with van der Waals surface area (Å²) in [6, 6.07) is 3.80. The molecule has 0 spiro atoms. The van der Waals surface area contributed by atoms with Crippen LogP contribution in [-0.2, 0) is 16.0 Å². The number of carbonyl (C=O) groups excluding carboxylic acids is 1. The van der Waals surface area contributed by atoms with Crippen LogP contribution in [0.3, 0.4) is 0 Å². The van der Waals surface area contributed by atoms with Gasteiger partial charge < -0.3 is 15.4 Å². The van der Waals surface area contributed by atoms with Crippen LogP contribution in [0.15, 0.2) is 24.5 Å². The summed E-state index contributed by atoms with van der Waals surface area (Å²) in [6.07, 6.45) is 7.50. The fraction of sp³-hybridized carbons (Fsp3) is 0.438. The maximum absolute atomic E-state index is 11.9. The molecule has 22 heavy (non-hydrogen) atoms. The number of amides is 1. The van der Waals surface area contributed by atoms with Gasteiger partial charge in [0.2, 0.25) is 5.91 Å². The van der Waals surface area contributed by atoms with Gasteiger partial charge in [-0.25, -0.2) is 4.98 Å². The molecule has 0 saturated carbocycles. The number of carboxylic acids is 1. The molecule has 0 unspecified atom stereocenters. The van der Waals surface area contributed by atoms with Gasteiger partial charge in [-0.2, -0.15) is 0 Å². The predicted molar refractivity (Wildman–Crippen MR) is 83.5 cm³/mol. The van der Waals surface area contributed by atoms with Crippen LogP contribution < -0.4 is 5.32 Å². The van der Waals surface area contributed by atoms with Crippen molar-refractivity contribution in [1.29, 1.82) is 0 Å². The number of nitrogens with one attached hydrogen (secondary N) is 2. The fourth-order valence-corrected chi connectivity index (χ4v) is 2.38. The van der Waals surface area contributed by atoms with Crippen LogP contribution in [0, 0.1) is 0 Å². The highest BCUT2D eigenvalue weighted by Gasteiger charge is 2.08. The van der Waals surface area contributed by atoms with Gasteiger partial charge in [-0.3, -0.25) is 9.59 Å². The summed E-state index contributed by atoms with van der Waals surface area (Å²) < 4.78 is 0. The quantitative estimate of drug-likeness (QED) is 0.619. The van der Waals surface area contributed by atoms with Crippen molar-refractivity contribution in [2.45, 2.75) is 38.5 Å². The zero-order valence-electron chi connectivity index (χ0n) is 12.5. The number of hydrogen-bond donors (Lipinski definition) is 3. The first-order valence-corrected chi connectivity index (χ1v) is 7.56. The zero-order valence-corrected chi connectivity index (χ0v) is 12.5. The molecule has 0 aromatic carbocycles. The average Bonchev–Trinajstić information content (AvgIpc) is 2.89. The first kappa shape index (κ1) is 16.0. The van der Waals surface area contributed by atoms with Crippen molar-refractivity contribution in [2.24, 2.45) is 0 Å². The normalized spacial score (nSPS) is 10.7. The second-order valence-electron chi connectivity index (χ2n) is 5.30. The number of fused-ring (bicyclic) bond motifs is 1. The van der Waals surface area contributed by atoms with Crippen molar-refractivity contribution in [3.63, 3.8) is 0 Å². The van der Waals surface area contributed by atoms with E-state index in [1.54, 1.807) is 6.20 Å². The molecule has 0 fully saturated rings. The average molecular weight is 303 g/mol. The van der Waals surface area contributed by atoms with E-state index in [-0.39, 0.29) is 12.3 Å². The molecule has 0 radical (unpaired) electrons. The molecule has 3 N–H and O–H groups in total. The van der Waals surface area contributed by atoms with Crippen LogP contribution in [0.5, 0.6) is 0 Å². The number of H-pyrrole nitrogens is 1. The van der Waals surface area contributed by atoms with Gasteiger partial charge in [-0.15, -0.1) is 0 Å². The van der Waals surface area contributed by atoms with Crippen molar-refractivity contribution >= 4 is 22.9 Å². The Kier molecular flexibility index (Phi) is 5.94. The number of pyridine rings is 1. The molecule has 0 bridgehead atoms. The predicted octanol–water partition coefficient (Wildman–Crippen LogP) is 2.26. The number of aromatic nitrogens is 2. The van der Waals surface area contributed by atoms with Gasteiger partial charge in [0.25, 0.3) is 0 Å². The van der Waals surface area contributed by atoms with Gasteiger partial charge in [0, 0.05) is 30.7 Å². The molecule has 2 aromatic rings. The lowest BCUT2D eigenvalue weighted by molar-refractivity contribution is -0.137. The largest absolute Gasteiger partial charge is 0.481 e. The second-order valence-corrected chi connectivity index (χ2v) is 5.30. The van der Waals surface area contributed by atoms with Crippen LogP contribution in [0.4, 0.5) is 0 Å². The summed E-state index contributed by atoms with van der Waals surface area (Å²) in [5, 5.41) is 12.4. The Bertz CT molecular complexity index is 636. The highest BCUT2D eigenvalue weighted by molar-refractivity contribution is 5.86. The van der Waals surface area contributed by atoms with Crippen LogP contribution in [0.1, 0.15) is 37.7 Å². The Morgan fingerprint density at radius 3 is 2.86 bits per heavy atom. The maximum Gasteiger partial charge on any atom is 0.303 e. The second kappa shape index (κ2) is 8.17. The summed E-state index contributed by atoms with van der Waals surface area (Å²) in [5.41, 5.74) is 1.74. The first-order chi connectivity index (χ1) is 10.7. The van der Waals surface area contributed by atoms with Gasteiger partial charge in [-0.1, -0.05) is 12.8 Å². The van der Waals surface area contributed by atoms with Crippen molar-refractivity contribution < 1.29 is 14.7 Å². The van der Waals surface area contributed by atoms with Gasteiger partial charge in [0.1, 0.15) is 5.65 Å². The lowest BCUT2D eigenvalue weighted by Gasteiger charge is -2.04. The van der Waals surface area contributed by atoms with Crippen molar-refractivity contribution in [3.8, 4) is 0 Å². The van der Waals surface area contributed by atoms with E-state index in [1.165, 1.54) is 0 Å². The van der Waals surface area contributed by atoms with E-state index in [2.05, 4.69) is 15.3 Å². The number of unbranched alkanes of at least 4 members (excludes halogenated alkanes) is 3. The topological polar surface area (TPSA) is 95.1 Å². The standard InChI is InChI=1S/C16H21N3O3/c20-14(17-8-4-2-1-3-7-15(21)22)10-12-11-19-16-13(12)6-5-9-18-16/h5-6,9,11H,1-4,7-8,10H2,(H,17,20)(H,18,19)(H,21,22). The fourth-order valence-electron chi connectivity index (χ4n) is 2.38. The molecule has 0 atom stereocenters. The number of rotatable bonds is 9. The van der Waals surface area contributed by atoms with E-state index in [9.17, 15) is 9.59 Å². The van der Waals surface area contributed by atoms with Crippen LogP contribution in [0.2, 0.25) is 0 Å². The third-order valence-electron chi connectivity index (χ3n) is 3.53. The van der Waals surface area contributed by atoms with Gasteiger partial charge in [-0.05, 0) is 30.5 Å². The molecule has 0 saturated heterocycles. The molecule has 6 heteroatoms. The van der Waals surface area contributed by atoms with E-state index in [1.807, 2.05) is 18.3 Å². The Balaban J connectivity index is 1.65. The smallest absolute Gasteiger partial charge is 0.303 e. The zero-order chi connectivity index (χ0) is 15.8. The highest BCUT2D eigenvalue weighted by Crippen LogP contribution is 2.15. The highest BCUT2D eigenvalue weighted by atomic mass is 16.4. The molecule has 2 rings (SSSR count). The van der Waals surface area contributed by atoms with Crippen LogP contribution in [-0.4, -0.2) is 33.5 Å². The van der Waals surface area contributed by atoms with Crippen LogP contribution >= 0.6 is 0 Å². The van der Waals surface area contributed by atoms with E-state index in [4.69, 9.17) is 5.11 Å². The van der Waals surface area contributed by atoms with Crippen molar-refractivity contribution in [3.05, 3.63) is 30.1 Å². The lowest BCUT2D eigenvalue weighted by atomic mass is 10.1. The lowest BCUT2D eigenvalue weighted by Crippen LogP contribution is -2.26. The number of aromatic amines is 1. The molecule has 0 aliphatic rings. The van der Waals surface area contributed by atoms with E-state index >= 15 is 0 Å². The molecule has 2 heterocycles. The Labute approximate surface area is 128 Å². The molecular weight excluding hydrogens is 282 g/mol. The van der Waals surface area contributed by atoms with E-state index in [0.717, 1.165) is 35.9 Å². The van der Waals surface area contributed by atoms with E-state index in [0.29, 0.717) is 19.4 Å². The van der Waals surface area contributed by atoms with Crippen molar-refractivity contribution in [1.82, 2.24) is 15.3 Å². The third kappa shape index (κ3) is 4.87. The third-order valence-corrected chi connectivity index (χ3v) is 3.53. The minimum Gasteiger partial charge on any atom is -0.481 e. The first-order valence-electron chi connectivity index (χ1n) is 7.56. The summed E-state index contributed by atoms with van der Waals surface area (Å²) >= 11 is 0. The molecule has 0 aliphatic heterocycles. The minimum atomic E-state index is -0.749. The monoisotopic (exact) mass is 303 g/mol. The van der Waals surface area contributed by atoms with E-state index < -0.39 is 5.97 Å². The Morgan fingerprint density at radius 1 is 1.23 bits per heavy atom. The number of carboxylic acid groups (broad SMARTS) is 1. The van der Waals surface area contributed by atoms with Crippen LogP contribution in [0.25, 0.3) is 11.0 Å². The number of carbonyl (C=O) groups is 2. The maximum atomic E-state index is 11.9. The molecule has 1 amide bonds. The SMILES string of the molecule is O=C(O)CCCCCCNC(=O)Cc1c[nH]c2ncccc12. The van der Waals surface area contributed by atoms with Gasteiger partial charge in [0.15, 0.2) is 0 Å². The Morgan fingerprint density at radius 2 is 2.05 bits per heavy atom. The number of nitrogens with zero attached hydrogens (tertiary/aromatic N) is 1. The summed E-state index contributed by atoms with van der Waals surface area (Å²) in [7, 11) is 0. The van der Waals surface area contributed by atoms with Gasteiger partial charge in [0.05, 0.1) is 6.42 Å². The number of aliphatic carboxylic acids is 1.